The van der Waals surface area contributed by atoms with Crippen molar-refractivity contribution in [1.29, 1.82) is 0 Å². The summed E-state index contributed by atoms with van der Waals surface area (Å²) in [6, 6.07) is 5.69. The fourth-order valence-corrected chi connectivity index (χ4v) is 6.59. The molecule has 4 fully saturated rings. The molecule has 0 atom stereocenters. The van der Waals surface area contributed by atoms with E-state index in [-0.39, 0.29) is 5.91 Å². The van der Waals surface area contributed by atoms with Gasteiger partial charge >= 0.3 is 0 Å². The fraction of sp³-hybridized carbons (Fsp3) is 0.609. The lowest BCUT2D eigenvalue weighted by molar-refractivity contribution is -0.0503. The Morgan fingerprint density at radius 1 is 1.24 bits per heavy atom. The molecule has 1 amide bonds. The van der Waals surface area contributed by atoms with E-state index in [4.69, 9.17) is 5.21 Å². The zero-order chi connectivity index (χ0) is 20.0. The summed E-state index contributed by atoms with van der Waals surface area (Å²) in [5.74, 6) is 2.67. The van der Waals surface area contributed by atoms with Gasteiger partial charge in [0.05, 0.1) is 11.4 Å². The van der Waals surface area contributed by atoms with Gasteiger partial charge in [-0.05, 0) is 93.6 Å². The molecule has 0 saturated heterocycles. The lowest BCUT2D eigenvalue weighted by Gasteiger charge is -2.56. The Bertz CT molecular complexity index is 926. The van der Waals surface area contributed by atoms with Crippen LogP contribution in [0.4, 0.5) is 0 Å². The second-order valence-electron chi connectivity index (χ2n) is 9.81. The van der Waals surface area contributed by atoms with Crippen molar-refractivity contribution >= 4 is 17.3 Å². The van der Waals surface area contributed by atoms with Crippen LogP contribution in [0.5, 0.6) is 0 Å². The standard InChI is InChI=1S/C23H30N4O2/c1-15(26-29)5-6-19-13-27-20(3-2-4-21(27)25-19)22(28)24-14-23-10-16-7-17(11-23)9-18(8-16)12-23/h2-4,13,16-18,29H,5-12,14H2,1H3,(H,24,28). The van der Waals surface area contributed by atoms with Crippen LogP contribution in [0.2, 0.25) is 0 Å². The molecule has 0 radical (unpaired) electrons. The Balaban J connectivity index is 1.30. The minimum Gasteiger partial charge on any atom is -0.411 e. The molecule has 0 unspecified atom stereocenters. The zero-order valence-corrected chi connectivity index (χ0v) is 17.1. The van der Waals surface area contributed by atoms with Crippen molar-refractivity contribution in [2.75, 3.05) is 6.54 Å². The van der Waals surface area contributed by atoms with E-state index in [9.17, 15) is 4.79 Å². The molecule has 4 bridgehead atoms. The fourth-order valence-electron chi connectivity index (χ4n) is 6.59. The summed E-state index contributed by atoms with van der Waals surface area (Å²) in [6.45, 7) is 2.60. The van der Waals surface area contributed by atoms with Crippen molar-refractivity contribution in [3.63, 3.8) is 0 Å². The zero-order valence-electron chi connectivity index (χ0n) is 17.1. The number of carbonyl (C=O) groups is 1. The van der Waals surface area contributed by atoms with Gasteiger partial charge in [-0.2, -0.15) is 0 Å². The highest BCUT2D eigenvalue weighted by atomic mass is 16.4. The van der Waals surface area contributed by atoms with Gasteiger partial charge in [0.25, 0.3) is 5.91 Å². The molecule has 2 aromatic heterocycles. The van der Waals surface area contributed by atoms with E-state index in [0.717, 1.165) is 35.6 Å². The molecule has 4 aliphatic carbocycles. The van der Waals surface area contributed by atoms with Gasteiger partial charge in [0, 0.05) is 12.7 Å². The summed E-state index contributed by atoms with van der Waals surface area (Å²) in [4.78, 5) is 17.7. The van der Waals surface area contributed by atoms with Crippen molar-refractivity contribution in [2.24, 2.45) is 28.3 Å². The van der Waals surface area contributed by atoms with E-state index >= 15 is 0 Å². The normalized spacial score (nSPS) is 30.8. The molecular formula is C23H30N4O2. The van der Waals surface area contributed by atoms with E-state index in [1.54, 1.807) is 6.92 Å². The maximum atomic E-state index is 13.1. The second kappa shape index (κ2) is 7.15. The van der Waals surface area contributed by atoms with Gasteiger partial charge in [0.15, 0.2) is 0 Å². The quantitative estimate of drug-likeness (QED) is 0.440. The molecule has 6 nitrogen and oxygen atoms in total. The predicted molar refractivity (Wildman–Crippen MR) is 111 cm³/mol. The number of aryl methyl sites for hydroxylation is 1. The number of carbonyl (C=O) groups excluding carboxylic acids is 1. The SMILES string of the molecule is CC(CCc1cn2c(C(=O)NCC34CC5CC(CC(C5)C3)C4)cccc2n1)=NO. The average Bonchev–Trinajstić information content (AvgIpc) is 3.12. The summed E-state index contributed by atoms with van der Waals surface area (Å²) in [6.07, 6.45) is 11.4. The van der Waals surface area contributed by atoms with Crippen LogP contribution in [0.15, 0.2) is 29.6 Å². The number of rotatable bonds is 6. The number of amides is 1. The van der Waals surface area contributed by atoms with E-state index < -0.39 is 0 Å². The predicted octanol–water partition coefficient (Wildman–Crippen LogP) is 4.06. The molecule has 29 heavy (non-hydrogen) atoms. The van der Waals surface area contributed by atoms with E-state index in [2.05, 4.69) is 15.5 Å². The highest BCUT2D eigenvalue weighted by molar-refractivity contribution is 5.93. The first-order valence-electron chi connectivity index (χ1n) is 11.0. The summed E-state index contributed by atoms with van der Waals surface area (Å²) in [7, 11) is 0. The smallest absolute Gasteiger partial charge is 0.268 e. The first-order chi connectivity index (χ1) is 14.0. The highest BCUT2D eigenvalue weighted by Crippen LogP contribution is 2.59. The van der Waals surface area contributed by atoms with Crippen molar-refractivity contribution in [2.45, 2.75) is 58.3 Å². The lowest BCUT2D eigenvalue weighted by atomic mass is 9.49. The molecule has 0 spiro atoms. The number of hydrogen-bond donors (Lipinski definition) is 2. The molecule has 4 saturated carbocycles. The molecule has 2 N–H and O–H groups in total. The van der Waals surface area contributed by atoms with Crippen LogP contribution in [0.3, 0.4) is 0 Å². The number of imidazole rings is 1. The Morgan fingerprint density at radius 3 is 2.59 bits per heavy atom. The van der Waals surface area contributed by atoms with Gasteiger partial charge in [0.1, 0.15) is 11.3 Å². The molecule has 6 heteroatoms. The number of fused-ring (bicyclic) bond motifs is 1. The molecule has 0 aliphatic heterocycles. The third-order valence-corrected chi connectivity index (χ3v) is 7.48. The number of oxime groups is 1. The van der Waals surface area contributed by atoms with Crippen molar-refractivity contribution in [3.05, 3.63) is 35.8 Å². The summed E-state index contributed by atoms with van der Waals surface area (Å²) in [5.41, 5.74) is 3.32. The largest absolute Gasteiger partial charge is 0.411 e. The third-order valence-electron chi connectivity index (χ3n) is 7.48. The Morgan fingerprint density at radius 2 is 1.93 bits per heavy atom. The molecule has 154 valence electrons. The molecule has 0 aromatic carbocycles. The minimum atomic E-state index is -0.0107. The van der Waals surface area contributed by atoms with Gasteiger partial charge in [-0.3, -0.25) is 9.20 Å². The van der Waals surface area contributed by atoms with Crippen molar-refractivity contribution in [1.82, 2.24) is 14.7 Å². The molecular weight excluding hydrogens is 364 g/mol. The van der Waals surface area contributed by atoms with Crippen LogP contribution >= 0.6 is 0 Å². The number of pyridine rings is 1. The van der Waals surface area contributed by atoms with Crippen molar-refractivity contribution < 1.29 is 10.0 Å². The Kier molecular flexibility index (Phi) is 4.60. The van der Waals surface area contributed by atoms with Crippen LogP contribution in [-0.2, 0) is 6.42 Å². The first-order valence-corrected chi connectivity index (χ1v) is 11.0. The molecule has 2 aromatic rings. The third kappa shape index (κ3) is 3.53. The van der Waals surface area contributed by atoms with Crippen LogP contribution in [0, 0.1) is 23.2 Å². The lowest BCUT2D eigenvalue weighted by Crippen LogP contribution is -2.51. The number of nitrogens with one attached hydrogen (secondary N) is 1. The monoisotopic (exact) mass is 394 g/mol. The summed E-state index contributed by atoms with van der Waals surface area (Å²) < 4.78 is 1.88. The number of nitrogens with zero attached hydrogens (tertiary/aromatic N) is 3. The second-order valence-corrected chi connectivity index (χ2v) is 9.81. The Labute approximate surface area is 171 Å². The Hall–Kier alpha value is -2.37. The van der Waals surface area contributed by atoms with Gasteiger partial charge in [0.2, 0.25) is 0 Å². The summed E-state index contributed by atoms with van der Waals surface area (Å²) in [5, 5.41) is 15.3. The molecule has 4 aliphatic rings. The van der Waals surface area contributed by atoms with Crippen LogP contribution < -0.4 is 5.32 Å². The molecule has 6 rings (SSSR count). The van der Waals surface area contributed by atoms with Gasteiger partial charge in [-0.1, -0.05) is 11.2 Å². The van der Waals surface area contributed by atoms with E-state index in [1.807, 2.05) is 28.8 Å². The topological polar surface area (TPSA) is 79.0 Å². The average molecular weight is 395 g/mol. The van der Waals surface area contributed by atoms with Crippen LogP contribution in [-0.4, -0.2) is 32.8 Å². The summed E-state index contributed by atoms with van der Waals surface area (Å²) >= 11 is 0. The van der Waals surface area contributed by atoms with Gasteiger partial charge < -0.3 is 10.5 Å². The van der Waals surface area contributed by atoms with Gasteiger partial charge in [-0.15, -0.1) is 0 Å². The van der Waals surface area contributed by atoms with E-state index in [1.165, 1.54) is 38.5 Å². The molecule has 2 heterocycles. The van der Waals surface area contributed by atoms with Crippen LogP contribution in [0.25, 0.3) is 5.65 Å². The van der Waals surface area contributed by atoms with Crippen molar-refractivity contribution in [3.8, 4) is 0 Å². The number of aromatic nitrogens is 2. The van der Waals surface area contributed by atoms with Gasteiger partial charge in [-0.25, -0.2) is 4.98 Å². The van der Waals surface area contributed by atoms with E-state index in [0.29, 0.717) is 29.7 Å². The number of hydrogen-bond acceptors (Lipinski definition) is 4. The first kappa shape index (κ1) is 18.6. The maximum absolute atomic E-state index is 13.1. The van der Waals surface area contributed by atoms with Crippen LogP contribution in [0.1, 0.15) is 68.1 Å². The highest BCUT2D eigenvalue weighted by Gasteiger charge is 2.50. The maximum Gasteiger partial charge on any atom is 0.268 e. The minimum absolute atomic E-state index is 0.0107.